The molecule has 22 heavy (non-hydrogen) atoms. The van der Waals surface area contributed by atoms with Crippen LogP contribution in [0.4, 0.5) is 17.2 Å². The van der Waals surface area contributed by atoms with Crippen molar-refractivity contribution in [2.45, 2.75) is 0 Å². The maximum atomic E-state index is 12.0. The largest absolute Gasteiger partial charge is 0.506 e. The third-order valence-corrected chi connectivity index (χ3v) is 3.28. The van der Waals surface area contributed by atoms with Crippen LogP contribution in [0.5, 0.6) is 5.75 Å². The van der Waals surface area contributed by atoms with Gasteiger partial charge in [-0.3, -0.25) is 14.9 Å². The predicted molar refractivity (Wildman–Crippen MR) is 75.7 cm³/mol. The minimum atomic E-state index is -0.847. The molecule has 1 heterocycles. The number of phenolic OH excluding ortho intramolecular Hbond substituents is 1. The summed E-state index contributed by atoms with van der Waals surface area (Å²) in [5.41, 5.74) is -0.760. The van der Waals surface area contributed by atoms with Gasteiger partial charge in [-0.15, -0.1) is 5.10 Å². The second-order valence-electron chi connectivity index (χ2n) is 3.90. The number of carbonyl (C=O) groups is 1. The number of carbonyl (C=O) groups excluding carboxylic acids is 1. The molecule has 0 atom stereocenters. The summed E-state index contributed by atoms with van der Waals surface area (Å²) >= 11 is 2.87. The van der Waals surface area contributed by atoms with Crippen LogP contribution >= 0.6 is 15.9 Å². The Kier molecular flexibility index (Phi) is 4.03. The number of benzene rings is 1. The fourth-order valence-corrected chi connectivity index (χ4v) is 2.01. The van der Waals surface area contributed by atoms with Gasteiger partial charge in [0.1, 0.15) is 10.2 Å². The molecule has 2 aromatic rings. The van der Waals surface area contributed by atoms with E-state index in [-0.39, 0.29) is 21.5 Å². The van der Waals surface area contributed by atoms with Gasteiger partial charge in [0.25, 0.3) is 11.6 Å². The minimum Gasteiger partial charge on any atom is -0.506 e. The number of hydrogen-bond donors (Lipinski definition) is 3. The molecule has 3 N–H and O–H groups in total. The van der Waals surface area contributed by atoms with Crippen LogP contribution in [-0.4, -0.2) is 31.1 Å². The molecule has 2 rings (SSSR count). The molecule has 0 aliphatic rings. The summed E-state index contributed by atoms with van der Waals surface area (Å²) < 4.78 is -0.156. The highest BCUT2D eigenvalue weighted by Gasteiger charge is 2.25. The second kappa shape index (κ2) is 5.77. The lowest BCUT2D eigenvalue weighted by molar-refractivity contribution is -0.390. The van der Waals surface area contributed by atoms with Crippen molar-refractivity contribution in [1.29, 1.82) is 0 Å². The van der Waals surface area contributed by atoms with E-state index in [9.17, 15) is 30.1 Å². The Labute approximate surface area is 129 Å². The Bertz CT molecular complexity index is 788. The molecule has 0 radical (unpaired) electrons. The van der Waals surface area contributed by atoms with Crippen LogP contribution in [0, 0.1) is 20.2 Å². The summed E-state index contributed by atoms with van der Waals surface area (Å²) in [7, 11) is 0. The van der Waals surface area contributed by atoms with Crippen LogP contribution in [-0.2, 0) is 0 Å². The Morgan fingerprint density at radius 2 is 2.00 bits per heavy atom. The first-order chi connectivity index (χ1) is 10.3. The van der Waals surface area contributed by atoms with Gasteiger partial charge in [0, 0.05) is 6.07 Å². The number of hydrogen-bond acceptors (Lipinski definition) is 7. The highest BCUT2D eigenvalue weighted by Crippen LogP contribution is 2.30. The topological polar surface area (TPSA) is 164 Å². The zero-order valence-electron chi connectivity index (χ0n) is 10.4. The smallest absolute Gasteiger partial charge is 0.357 e. The van der Waals surface area contributed by atoms with Crippen molar-refractivity contribution < 1.29 is 19.7 Å². The van der Waals surface area contributed by atoms with Gasteiger partial charge < -0.3 is 20.5 Å². The van der Waals surface area contributed by atoms with Crippen LogP contribution < -0.4 is 5.32 Å². The predicted octanol–water partition coefficient (Wildman–Crippen LogP) is 1.95. The summed E-state index contributed by atoms with van der Waals surface area (Å²) in [6.07, 6.45) is 0. The molecule has 0 aliphatic carbocycles. The average molecular weight is 372 g/mol. The molecule has 0 bridgehead atoms. The van der Waals surface area contributed by atoms with Crippen LogP contribution in [0.15, 0.2) is 22.7 Å². The normalized spacial score (nSPS) is 10.2. The summed E-state index contributed by atoms with van der Waals surface area (Å²) in [5, 5.41) is 38.6. The third-order valence-electron chi connectivity index (χ3n) is 2.53. The highest BCUT2D eigenvalue weighted by atomic mass is 79.9. The number of aromatic nitrogens is 2. The fraction of sp³-hybridized carbons (Fsp3) is 0. The number of nitrogens with zero attached hydrogens (tertiary/aromatic N) is 3. The maximum absolute atomic E-state index is 12.0. The van der Waals surface area contributed by atoms with E-state index in [4.69, 9.17) is 0 Å². The molecule has 0 aliphatic heterocycles. The Morgan fingerprint density at radius 3 is 2.50 bits per heavy atom. The molecular formula is C10H6BrN5O6. The summed E-state index contributed by atoms with van der Waals surface area (Å²) in [6.45, 7) is 0. The van der Waals surface area contributed by atoms with Crippen molar-refractivity contribution in [2.24, 2.45) is 0 Å². The minimum absolute atomic E-state index is 0.104. The van der Waals surface area contributed by atoms with Crippen molar-refractivity contribution in [1.82, 2.24) is 10.2 Å². The Morgan fingerprint density at radius 1 is 1.32 bits per heavy atom. The first-order valence-corrected chi connectivity index (χ1v) is 6.27. The van der Waals surface area contributed by atoms with Gasteiger partial charge in [-0.25, -0.2) is 0 Å². The van der Waals surface area contributed by atoms with Gasteiger partial charge in [0.2, 0.25) is 0 Å². The van der Waals surface area contributed by atoms with E-state index in [2.05, 4.69) is 31.4 Å². The molecule has 1 aromatic heterocycles. The van der Waals surface area contributed by atoms with Crippen molar-refractivity contribution in [3.63, 3.8) is 0 Å². The monoisotopic (exact) mass is 371 g/mol. The van der Waals surface area contributed by atoms with Crippen LogP contribution in [0.1, 0.15) is 10.5 Å². The summed E-state index contributed by atoms with van der Waals surface area (Å²) in [6, 6.07) is 3.06. The number of rotatable bonds is 4. The first kappa shape index (κ1) is 15.4. The van der Waals surface area contributed by atoms with Crippen molar-refractivity contribution in [3.05, 3.63) is 48.6 Å². The lowest BCUT2D eigenvalue weighted by Gasteiger charge is -2.05. The average Bonchev–Trinajstić information content (AvgIpc) is 2.82. The fourth-order valence-electron chi connectivity index (χ4n) is 1.51. The maximum Gasteiger partial charge on any atom is 0.357 e. The van der Waals surface area contributed by atoms with E-state index in [1.807, 2.05) is 0 Å². The molecule has 0 unspecified atom stereocenters. The number of aromatic amines is 1. The number of anilines is 1. The van der Waals surface area contributed by atoms with Crippen molar-refractivity contribution in [2.75, 3.05) is 5.32 Å². The molecule has 0 fully saturated rings. The number of halogens is 1. The zero-order valence-corrected chi connectivity index (χ0v) is 12.0. The molecule has 0 saturated heterocycles. The number of non-ortho nitro benzene ring substituents is 1. The standard InChI is InChI=1S/C10H6BrN5O6/c11-7-8(13-14-9(7)16(21)22)10(18)12-5-2-1-4(15(19)20)3-6(5)17/h1-3,17H,(H,12,18)(H,13,14). The van der Waals surface area contributed by atoms with Crippen LogP contribution in [0.3, 0.4) is 0 Å². The molecule has 12 heteroatoms. The molecule has 11 nitrogen and oxygen atoms in total. The number of H-pyrrole nitrogens is 1. The number of phenols is 1. The van der Waals surface area contributed by atoms with Gasteiger partial charge in [-0.05, 0) is 26.9 Å². The SMILES string of the molecule is O=C(Nc1ccc([N+](=O)[O-])cc1O)c1n[nH]c([N+](=O)[O-])c1Br. The first-order valence-electron chi connectivity index (χ1n) is 5.48. The zero-order chi connectivity index (χ0) is 16.4. The third kappa shape index (κ3) is 2.85. The number of amides is 1. The second-order valence-corrected chi connectivity index (χ2v) is 4.70. The van der Waals surface area contributed by atoms with E-state index in [1.165, 1.54) is 0 Å². The van der Waals surface area contributed by atoms with Gasteiger partial charge in [-0.2, -0.15) is 0 Å². The van der Waals surface area contributed by atoms with E-state index in [0.717, 1.165) is 18.2 Å². The number of nitro groups is 2. The van der Waals surface area contributed by atoms with Crippen molar-refractivity contribution >= 4 is 39.0 Å². The molecule has 0 spiro atoms. The van der Waals surface area contributed by atoms with Gasteiger partial charge in [-0.1, -0.05) is 5.10 Å². The quantitative estimate of drug-likeness (QED) is 0.419. The molecule has 1 aromatic carbocycles. The summed E-state index contributed by atoms with van der Waals surface area (Å²) in [5.74, 6) is -1.87. The number of nitro benzene ring substituents is 1. The molecule has 114 valence electrons. The van der Waals surface area contributed by atoms with Gasteiger partial charge in [0.05, 0.1) is 16.7 Å². The lowest BCUT2D eigenvalue weighted by Crippen LogP contribution is -2.13. The van der Waals surface area contributed by atoms with Gasteiger partial charge in [0.15, 0.2) is 5.69 Å². The van der Waals surface area contributed by atoms with E-state index in [0.29, 0.717) is 0 Å². The van der Waals surface area contributed by atoms with E-state index >= 15 is 0 Å². The van der Waals surface area contributed by atoms with E-state index in [1.54, 1.807) is 0 Å². The highest BCUT2D eigenvalue weighted by molar-refractivity contribution is 9.10. The summed E-state index contributed by atoms with van der Waals surface area (Å²) in [4.78, 5) is 31.7. The van der Waals surface area contributed by atoms with Crippen molar-refractivity contribution in [3.8, 4) is 5.75 Å². The molecule has 1 amide bonds. The van der Waals surface area contributed by atoms with Gasteiger partial charge >= 0.3 is 5.82 Å². The van der Waals surface area contributed by atoms with E-state index < -0.39 is 27.3 Å². The molecule has 0 saturated carbocycles. The van der Waals surface area contributed by atoms with Crippen LogP contribution in [0.25, 0.3) is 0 Å². The number of aromatic hydroxyl groups is 1. The van der Waals surface area contributed by atoms with Crippen LogP contribution in [0.2, 0.25) is 0 Å². The lowest BCUT2D eigenvalue weighted by atomic mass is 10.2. The number of nitrogens with one attached hydrogen (secondary N) is 2. The Hall–Kier alpha value is -3.02. The Balaban J connectivity index is 2.26. The molecular weight excluding hydrogens is 366 g/mol.